The average Bonchev–Trinajstić information content (AvgIpc) is 3.37. The number of phenolic OH excluding ortho intramolecular Hbond substituents is 1. The first-order valence-electron chi connectivity index (χ1n) is 9.81. The zero-order valence-electron chi connectivity index (χ0n) is 16.6. The van der Waals surface area contributed by atoms with Gasteiger partial charge in [0, 0.05) is 5.56 Å². The molecule has 0 atom stereocenters. The number of furan rings is 1. The van der Waals surface area contributed by atoms with Crippen LogP contribution in [0.25, 0.3) is 22.7 Å². The highest BCUT2D eigenvalue weighted by atomic mass is 19.1. The third-order valence-electron chi connectivity index (χ3n) is 5.22. The highest BCUT2D eigenvalue weighted by Crippen LogP contribution is 2.36. The van der Waals surface area contributed by atoms with Gasteiger partial charge in [0.25, 0.3) is 5.91 Å². The minimum atomic E-state index is -0.771. The number of ether oxygens (including phenoxy) is 1. The van der Waals surface area contributed by atoms with Gasteiger partial charge in [-0.25, -0.2) is 13.8 Å². The number of rotatable bonds is 5. The number of hydrogen-bond donors (Lipinski definition) is 2. The monoisotopic (exact) mass is 437 g/mol. The molecule has 162 valence electrons. The highest BCUT2D eigenvalue weighted by Gasteiger charge is 2.28. The number of nitrogens with zero attached hydrogens (tertiary/aromatic N) is 2. The van der Waals surface area contributed by atoms with Crippen LogP contribution in [-0.2, 0) is 4.74 Å². The van der Waals surface area contributed by atoms with Gasteiger partial charge in [-0.15, -0.1) is 0 Å². The van der Waals surface area contributed by atoms with Crippen molar-refractivity contribution in [3.05, 3.63) is 78.3 Å². The summed E-state index contributed by atoms with van der Waals surface area (Å²) in [7, 11) is 0. The van der Waals surface area contributed by atoms with E-state index in [0.717, 1.165) is 6.07 Å². The summed E-state index contributed by atoms with van der Waals surface area (Å²) in [6, 6.07) is 12.7. The molecule has 0 aliphatic carbocycles. The Morgan fingerprint density at radius 3 is 2.56 bits per heavy atom. The maximum Gasteiger partial charge on any atom is 0.291 e. The van der Waals surface area contributed by atoms with Gasteiger partial charge >= 0.3 is 0 Å². The number of benzene rings is 2. The Bertz CT molecular complexity index is 1270. The molecule has 0 radical (unpaired) electrons. The van der Waals surface area contributed by atoms with Gasteiger partial charge in [-0.3, -0.25) is 4.79 Å². The van der Waals surface area contributed by atoms with E-state index in [1.807, 2.05) is 4.57 Å². The van der Waals surface area contributed by atoms with E-state index in [2.05, 4.69) is 10.3 Å². The Labute approximate surface area is 180 Å². The number of hydrogen-bond acceptors (Lipinski definition) is 5. The molecule has 2 aromatic heterocycles. The Kier molecular flexibility index (Phi) is 4.95. The van der Waals surface area contributed by atoms with Gasteiger partial charge in [0.1, 0.15) is 22.9 Å². The number of amides is 1. The van der Waals surface area contributed by atoms with E-state index in [4.69, 9.17) is 9.15 Å². The van der Waals surface area contributed by atoms with E-state index in [9.17, 15) is 18.7 Å². The van der Waals surface area contributed by atoms with Gasteiger partial charge in [0.2, 0.25) is 0 Å². The minimum absolute atomic E-state index is 0.0458. The Morgan fingerprint density at radius 2 is 1.88 bits per heavy atom. The summed E-state index contributed by atoms with van der Waals surface area (Å²) < 4.78 is 40.3. The van der Waals surface area contributed by atoms with Gasteiger partial charge < -0.3 is 24.1 Å². The molecule has 7 nitrogen and oxygen atoms in total. The van der Waals surface area contributed by atoms with Crippen LogP contribution in [0.15, 0.2) is 65.3 Å². The lowest BCUT2D eigenvalue weighted by molar-refractivity contribution is -0.0227. The number of imidazole rings is 1. The summed E-state index contributed by atoms with van der Waals surface area (Å²) in [5.41, 5.74) is 1.51. The molecule has 32 heavy (non-hydrogen) atoms. The highest BCUT2D eigenvalue weighted by molar-refractivity contribution is 6.03. The van der Waals surface area contributed by atoms with Gasteiger partial charge in [-0.1, -0.05) is 6.07 Å². The fourth-order valence-corrected chi connectivity index (χ4v) is 3.48. The normalized spacial score (nSPS) is 13.7. The molecule has 1 fully saturated rings. The number of nitrogens with one attached hydrogen (secondary N) is 1. The molecule has 1 amide bonds. The summed E-state index contributed by atoms with van der Waals surface area (Å²) >= 11 is 0. The summed E-state index contributed by atoms with van der Waals surface area (Å²) in [5, 5.41) is 12.1. The van der Waals surface area contributed by atoms with Crippen LogP contribution in [-0.4, -0.2) is 33.8 Å². The van der Waals surface area contributed by atoms with Crippen molar-refractivity contribution in [3.63, 3.8) is 0 Å². The van der Waals surface area contributed by atoms with Crippen LogP contribution in [0.3, 0.4) is 0 Å². The molecule has 5 rings (SSSR count). The molecule has 9 heteroatoms. The van der Waals surface area contributed by atoms with Crippen LogP contribution in [0.2, 0.25) is 0 Å². The lowest BCUT2D eigenvalue weighted by atomic mass is 10.1. The van der Waals surface area contributed by atoms with Crippen LogP contribution in [0, 0.1) is 11.6 Å². The van der Waals surface area contributed by atoms with E-state index >= 15 is 0 Å². The Balaban J connectivity index is 1.51. The van der Waals surface area contributed by atoms with Crippen molar-refractivity contribution in [1.29, 1.82) is 0 Å². The fraction of sp³-hybridized carbons (Fsp3) is 0.130. The van der Waals surface area contributed by atoms with Crippen molar-refractivity contribution in [2.45, 2.75) is 6.04 Å². The van der Waals surface area contributed by atoms with E-state index in [1.54, 1.807) is 24.5 Å². The fourth-order valence-electron chi connectivity index (χ4n) is 3.48. The zero-order chi connectivity index (χ0) is 22.2. The molecular formula is C23H17F2N3O4. The molecule has 0 saturated carbocycles. The van der Waals surface area contributed by atoms with Crippen LogP contribution in [0.1, 0.15) is 16.6 Å². The number of anilines is 1. The molecule has 0 bridgehead atoms. The number of carbonyl (C=O) groups is 1. The van der Waals surface area contributed by atoms with Crippen molar-refractivity contribution >= 4 is 11.6 Å². The predicted octanol–water partition coefficient (Wildman–Crippen LogP) is 4.62. The molecule has 2 aromatic carbocycles. The number of halogens is 2. The number of phenols is 1. The second kappa shape index (κ2) is 7.93. The summed E-state index contributed by atoms with van der Waals surface area (Å²) in [6.45, 7) is 1.01. The third kappa shape index (κ3) is 3.52. The number of para-hydroxylation sites is 1. The average molecular weight is 437 g/mol. The maximum absolute atomic E-state index is 14.0. The van der Waals surface area contributed by atoms with Crippen molar-refractivity contribution < 1.29 is 27.8 Å². The first kappa shape index (κ1) is 20.0. The lowest BCUT2D eigenvalue weighted by Gasteiger charge is -2.28. The predicted molar refractivity (Wildman–Crippen MR) is 111 cm³/mol. The van der Waals surface area contributed by atoms with Crippen LogP contribution >= 0.6 is 0 Å². The summed E-state index contributed by atoms with van der Waals surface area (Å²) in [6.07, 6.45) is 1.65. The number of aromatic nitrogens is 2. The minimum Gasteiger partial charge on any atom is -0.506 e. The summed E-state index contributed by atoms with van der Waals surface area (Å²) in [4.78, 5) is 17.1. The van der Waals surface area contributed by atoms with Crippen LogP contribution < -0.4 is 5.32 Å². The van der Waals surface area contributed by atoms with E-state index in [-0.39, 0.29) is 23.3 Å². The van der Waals surface area contributed by atoms with E-state index in [0.29, 0.717) is 35.9 Å². The van der Waals surface area contributed by atoms with Gasteiger partial charge in [-0.05, 0) is 48.5 Å². The van der Waals surface area contributed by atoms with Crippen LogP contribution in [0.4, 0.5) is 14.5 Å². The van der Waals surface area contributed by atoms with Crippen molar-refractivity contribution in [1.82, 2.24) is 9.55 Å². The third-order valence-corrected chi connectivity index (χ3v) is 5.22. The van der Waals surface area contributed by atoms with Gasteiger partial charge in [0.15, 0.2) is 17.3 Å². The topological polar surface area (TPSA) is 89.5 Å². The van der Waals surface area contributed by atoms with Crippen molar-refractivity contribution in [3.8, 4) is 28.5 Å². The van der Waals surface area contributed by atoms with Gasteiger partial charge in [-0.2, -0.15) is 0 Å². The lowest BCUT2D eigenvalue weighted by Crippen LogP contribution is -2.30. The molecule has 1 aliphatic heterocycles. The molecule has 1 saturated heterocycles. The molecule has 1 aliphatic rings. The Morgan fingerprint density at radius 1 is 1.09 bits per heavy atom. The number of carbonyl (C=O) groups excluding carboxylic acids is 1. The van der Waals surface area contributed by atoms with E-state index < -0.39 is 17.5 Å². The first-order chi connectivity index (χ1) is 15.5. The molecule has 3 heterocycles. The van der Waals surface area contributed by atoms with Gasteiger partial charge in [0.05, 0.1) is 31.3 Å². The van der Waals surface area contributed by atoms with E-state index in [1.165, 1.54) is 30.3 Å². The quantitative estimate of drug-likeness (QED) is 0.445. The maximum atomic E-state index is 14.0. The van der Waals surface area contributed by atoms with Crippen LogP contribution in [0.5, 0.6) is 5.75 Å². The second-order valence-electron chi connectivity index (χ2n) is 7.30. The standard InChI is InChI=1S/C23H17F2N3O4/c24-14-6-4-13(5-7-14)20-22(28(12-26-20)15-10-31-11-15)18-8-9-19(32-18)23(30)27-21-16(25)2-1-3-17(21)29/h1-9,12,15,29H,10-11H2,(H,27,30). The zero-order valence-corrected chi connectivity index (χ0v) is 16.6. The molecule has 4 aromatic rings. The molecule has 0 spiro atoms. The largest absolute Gasteiger partial charge is 0.506 e. The Hall–Kier alpha value is -3.98. The first-order valence-corrected chi connectivity index (χ1v) is 9.81. The number of aromatic hydroxyl groups is 1. The second-order valence-corrected chi connectivity index (χ2v) is 7.30. The SMILES string of the molecule is O=C(Nc1c(O)cccc1F)c1ccc(-c2c(-c3ccc(F)cc3)ncn2C2COC2)o1. The molecule has 0 unspecified atom stereocenters. The smallest absolute Gasteiger partial charge is 0.291 e. The van der Waals surface area contributed by atoms with Crippen molar-refractivity contribution in [2.75, 3.05) is 18.5 Å². The van der Waals surface area contributed by atoms with Crippen molar-refractivity contribution in [2.24, 2.45) is 0 Å². The molecule has 2 N–H and O–H groups in total. The summed E-state index contributed by atoms with van der Waals surface area (Å²) in [5.74, 6) is -1.98. The molecular weight excluding hydrogens is 420 g/mol.